The van der Waals surface area contributed by atoms with Crippen LogP contribution in [0.25, 0.3) is 0 Å². The van der Waals surface area contributed by atoms with Gasteiger partial charge in [-0.25, -0.2) is 9.18 Å². The molecule has 1 aliphatic rings. The predicted octanol–water partition coefficient (Wildman–Crippen LogP) is 2.10. The van der Waals surface area contributed by atoms with E-state index in [2.05, 4.69) is 5.10 Å². The second-order valence-electron chi connectivity index (χ2n) is 5.26. The number of hydrogen-bond acceptors (Lipinski definition) is 3. The molecule has 0 aliphatic heterocycles. The molecular formula is C15H16FN3O2. The Kier molecular flexibility index (Phi) is 3.47. The molecule has 0 bridgehead atoms. The summed E-state index contributed by atoms with van der Waals surface area (Å²) in [6.45, 7) is 0.217. The molecular weight excluding hydrogens is 273 g/mol. The fourth-order valence-electron chi connectivity index (χ4n) is 2.87. The second-order valence-corrected chi connectivity index (χ2v) is 5.26. The van der Waals surface area contributed by atoms with Crippen molar-refractivity contribution >= 4 is 5.97 Å². The van der Waals surface area contributed by atoms with E-state index >= 15 is 0 Å². The third kappa shape index (κ3) is 2.42. The number of aromatic carboxylic acids is 1. The maximum atomic E-state index is 13.8. The van der Waals surface area contributed by atoms with Crippen molar-refractivity contribution in [1.82, 2.24) is 9.78 Å². The summed E-state index contributed by atoms with van der Waals surface area (Å²) in [5.74, 6) is -1.41. The van der Waals surface area contributed by atoms with Crippen LogP contribution in [0.2, 0.25) is 0 Å². The highest BCUT2D eigenvalue weighted by atomic mass is 19.1. The van der Waals surface area contributed by atoms with Gasteiger partial charge < -0.3 is 10.8 Å². The SMILES string of the molecule is NC1CCCc2c1c(C(=O)O)nn2Cc1ccccc1F. The molecule has 1 aromatic carbocycles. The summed E-state index contributed by atoms with van der Waals surface area (Å²) >= 11 is 0. The van der Waals surface area contributed by atoms with E-state index in [1.54, 1.807) is 22.9 Å². The van der Waals surface area contributed by atoms with Crippen molar-refractivity contribution in [3.8, 4) is 0 Å². The monoisotopic (exact) mass is 289 g/mol. The summed E-state index contributed by atoms with van der Waals surface area (Å²) in [4.78, 5) is 11.3. The summed E-state index contributed by atoms with van der Waals surface area (Å²) in [5, 5.41) is 13.4. The summed E-state index contributed by atoms with van der Waals surface area (Å²) in [5.41, 5.74) is 7.93. The van der Waals surface area contributed by atoms with Gasteiger partial charge in [-0.05, 0) is 25.3 Å². The molecule has 1 atom stereocenters. The highest BCUT2D eigenvalue weighted by Crippen LogP contribution is 2.31. The van der Waals surface area contributed by atoms with Crippen LogP contribution in [-0.2, 0) is 13.0 Å². The molecule has 110 valence electrons. The number of hydrogen-bond donors (Lipinski definition) is 2. The van der Waals surface area contributed by atoms with Crippen LogP contribution in [0, 0.1) is 5.82 Å². The van der Waals surface area contributed by atoms with Crippen LogP contribution in [0.4, 0.5) is 4.39 Å². The predicted molar refractivity (Wildman–Crippen MR) is 74.6 cm³/mol. The first kappa shape index (κ1) is 13.8. The normalized spacial score (nSPS) is 17.5. The molecule has 1 unspecified atom stereocenters. The van der Waals surface area contributed by atoms with Crippen LogP contribution in [0.5, 0.6) is 0 Å². The van der Waals surface area contributed by atoms with Gasteiger partial charge in [0.2, 0.25) is 0 Å². The average Bonchev–Trinajstić information content (AvgIpc) is 2.82. The molecule has 1 aromatic heterocycles. The zero-order valence-corrected chi connectivity index (χ0v) is 11.4. The number of nitrogens with zero attached hydrogens (tertiary/aromatic N) is 2. The number of fused-ring (bicyclic) bond motifs is 1. The lowest BCUT2D eigenvalue weighted by Gasteiger charge is -2.20. The largest absolute Gasteiger partial charge is 0.476 e. The minimum absolute atomic E-state index is 0.00598. The van der Waals surface area contributed by atoms with Gasteiger partial charge in [-0.1, -0.05) is 18.2 Å². The molecule has 21 heavy (non-hydrogen) atoms. The van der Waals surface area contributed by atoms with E-state index in [4.69, 9.17) is 5.73 Å². The maximum Gasteiger partial charge on any atom is 0.356 e. The third-order valence-electron chi connectivity index (χ3n) is 3.88. The topological polar surface area (TPSA) is 81.1 Å². The van der Waals surface area contributed by atoms with Crippen molar-refractivity contribution in [3.63, 3.8) is 0 Å². The molecule has 0 spiro atoms. The minimum Gasteiger partial charge on any atom is -0.476 e. The number of halogens is 1. The Morgan fingerprint density at radius 1 is 1.48 bits per heavy atom. The molecule has 0 fully saturated rings. The Morgan fingerprint density at radius 3 is 2.95 bits per heavy atom. The third-order valence-corrected chi connectivity index (χ3v) is 3.88. The molecule has 5 nitrogen and oxygen atoms in total. The van der Waals surface area contributed by atoms with Gasteiger partial charge in [-0.3, -0.25) is 4.68 Å². The molecule has 6 heteroatoms. The van der Waals surface area contributed by atoms with E-state index in [0.717, 1.165) is 25.0 Å². The minimum atomic E-state index is -1.09. The quantitative estimate of drug-likeness (QED) is 0.906. The molecule has 3 N–H and O–H groups in total. The Morgan fingerprint density at radius 2 is 2.24 bits per heavy atom. The van der Waals surface area contributed by atoms with E-state index in [-0.39, 0.29) is 24.1 Å². The summed E-state index contributed by atoms with van der Waals surface area (Å²) in [7, 11) is 0. The highest BCUT2D eigenvalue weighted by Gasteiger charge is 2.29. The first-order chi connectivity index (χ1) is 10.1. The smallest absolute Gasteiger partial charge is 0.356 e. The molecule has 1 aliphatic carbocycles. The van der Waals surface area contributed by atoms with Gasteiger partial charge in [0.1, 0.15) is 5.82 Å². The van der Waals surface area contributed by atoms with E-state index in [0.29, 0.717) is 11.1 Å². The molecule has 0 radical (unpaired) electrons. The number of nitrogens with two attached hydrogens (primary N) is 1. The van der Waals surface area contributed by atoms with Gasteiger partial charge in [0.15, 0.2) is 5.69 Å². The van der Waals surface area contributed by atoms with Gasteiger partial charge in [-0.15, -0.1) is 0 Å². The molecule has 0 saturated carbocycles. The van der Waals surface area contributed by atoms with Crippen LogP contribution in [-0.4, -0.2) is 20.9 Å². The molecule has 2 aromatic rings. The Balaban J connectivity index is 2.05. The zero-order valence-electron chi connectivity index (χ0n) is 11.4. The van der Waals surface area contributed by atoms with Gasteiger partial charge in [0, 0.05) is 22.9 Å². The lowest BCUT2D eigenvalue weighted by molar-refractivity contribution is 0.0687. The van der Waals surface area contributed by atoms with Crippen LogP contribution in [0.15, 0.2) is 24.3 Å². The highest BCUT2D eigenvalue weighted by molar-refractivity contribution is 5.87. The standard InChI is InChI=1S/C15H16FN3O2/c16-10-5-2-1-4-9(10)8-19-12-7-3-6-11(17)13(12)14(18-19)15(20)21/h1-2,4-5,11H,3,6-8,17H2,(H,20,21). The second kappa shape index (κ2) is 5.29. The van der Waals surface area contributed by atoms with Crippen LogP contribution in [0.1, 0.15) is 46.2 Å². The first-order valence-electron chi connectivity index (χ1n) is 6.89. The van der Waals surface area contributed by atoms with Gasteiger partial charge >= 0.3 is 5.97 Å². The van der Waals surface area contributed by atoms with Crippen molar-refractivity contribution in [2.75, 3.05) is 0 Å². The number of carboxylic acids is 1. The van der Waals surface area contributed by atoms with Crippen molar-refractivity contribution < 1.29 is 14.3 Å². The van der Waals surface area contributed by atoms with E-state index in [1.165, 1.54) is 6.07 Å². The molecule has 0 amide bonds. The summed E-state index contributed by atoms with van der Waals surface area (Å²) in [6.07, 6.45) is 2.35. The lowest BCUT2D eigenvalue weighted by atomic mass is 9.91. The Bertz CT molecular complexity index is 696. The van der Waals surface area contributed by atoms with Gasteiger partial charge in [0.05, 0.1) is 6.54 Å². The number of carbonyl (C=O) groups is 1. The van der Waals surface area contributed by atoms with Crippen molar-refractivity contribution in [2.45, 2.75) is 31.8 Å². The van der Waals surface area contributed by atoms with Crippen molar-refractivity contribution in [3.05, 3.63) is 52.6 Å². The van der Waals surface area contributed by atoms with Crippen molar-refractivity contribution in [2.24, 2.45) is 5.73 Å². The number of carboxylic acid groups (broad SMARTS) is 1. The van der Waals surface area contributed by atoms with Crippen LogP contribution >= 0.6 is 0 Å². The summed E-state index contributed by atoms with van der Waals surface area (Å²) in [6, 6.07) is 6.12. The summed E-state index contributed by atoms with van der Waals surface area (Å²) < 4.78 is 15.3. The molecule has 3 rings (SSSR count). The average molecular weight is 289 g/mol. The van der Waals surface area contributed by atoms with Gasteiger partial charge in [-0.2, -0.15) is 5.10 Å². The van der Waals surface area contributed by atoms with E-state index in [1.807, 2.05) is 0 Å². The lowest BCUT2D eigenvalue weighted by Crippen LogP contribution is -2.20. The Hall–Kier alpha value is -2.21. The number of rotatable bonds is 3. The van der Waals surface area contributed by atoms with E-state index in [9.17, 15) is 14.3 Å². The fourth-order valence-corrected chi connectivity index (χ4v) is 2.87. The van der Waals surface area contributed by atoms with Crippen LogP contribution < -0.4 is 5.73 Å². The van der Waals surface area contributed by atoms with E-state index < -0.39 is 5.97 Å². The molecule has 0 saturated heterocycles. The van der Waals surface area contributed by atoms with Crippen molar-refractivity contribution in [1.29, 1.82) is 0 Å². The molecule has 1 heterocycles. The van der Waals surface area contributed by atoms with Gasteiger partial charge in [0.25, 0.3) is 0 Å². The fraction of sp³-hybridized carbons (Fsp3) is 0.333. The van der Waals surface area contributed by atoms with Crippen LogP contribution in [0.3, 0.4) is 0 Å². The Labute approximate surface area is 121 Å². The number of aromatic nitrogens is 2. The number of benzene rings is 1. The maximum absolute atomic E-state index is 13.8. The zero-order chi connectivity index (χ0) is 15.0. The first-order valence-corrected chi connectivity index (χ1v) is 6.89.